The van der Waals surface area contributed by atoms with Gasteiger partial charge >= 0.3 is 5.97 Å². The third kappa shape index (κ3) is 3.48. The zero-order chi connectivity index (χ0) is 14.5. The summed E-state index contributed by atoms with van der Waals surface area (Å²) >= 11 is 0. The van der Waals surface area contributed by atoms with Crippen molar-refractivity contribution < 1.29 is 9.53 Å². The first-order valence-corrected chi connectivity index (χ1v) is 7.47. The lowest BCUT2D eigenvalue weighted by molar-refractivity contribution is -0.148. The summed E-state index contributed by atoms with van der Waals surface area (Å²) in [6, 6.07) is 9.88. The van der Waals surface area contributed by atoms with E-state index in [0.717, 1.165) is 24.4 Å². The van der Waals surface area contributed by atoms with Crippen LogP contribution in [0.25, 0.3) is 5.69 Å². The first-order chi connectivity index (χ1) is 10.3. The molecule has 21 heavy (non-hydrogen) atoms. The van der Waals surface area contributed by atoms with Gasteiger partial charge in [-0.05, 0) is 37.8 Å². The Hall–Kier alpha value is -2.17. The number of aryl methyl sites for hydroxylation is 1. The Labute approximate surface area is 124 Å². The molecular formula is C16H19N3O2. The standard InChI is InChI=1S/C16H19N3O2/c20-16(21-14-8-4-5-9-14)11-10-15-18-17-12-19(15)13-6-2-1-3-7-13/h1-3,6-7,12,14H,4-5,8-11H2. The molecule has 0 spiro atoms. The third-order valence-electron chi connectivity index (χ3n) is 3.81. The van der Waals surface area contributed by atoms with Crippen molar-refractivity contribution in [3.8, 4) is 5.69 Å². The molecule has 0 aliphatic heterocycles. The molecule has 0 radical (unpaired) electrons. The molecule has 1 fully saturated rings. The molecule has 1 aromatic carbocycles. The first-order valence-electron chi connectivity index (χ1n) is 7.47. The van der Waals surface area contributed by atoms with Gasteiger partial charge in [-0.3, -0.25) is 9.36 Å². The van der Waals surface area contributed by atoms with Gasteiger partial charge in [0.15, 0.2) is 0 Å². The van der Waals surface area contributed by atoms with Crippen LogP contribution in [0.2, 0.25) is 0 Å². The average molecular weight is 285 g/mol. The second-order valence-corrected chi connectivity index (χ2v) is 5.35. The molecule has 2 aromatic rings. The molecule has 1 aliphatic carbocycles. The maximum absolute atomic E-state index is 11.9. The summed E-state index contributed by atoms with van der Waals surface area (Å²) in [4.78, 5) is 11.9. The number of aromatic nitrogens is 3. The van der Waals surface area contributed by atoms with Crippen LogP contribution in [-0.2, 0) is 16.0 Å². The Morgan fingerprint density at radius 1 is 1.24 bits per heavy atom. The maximum atomic E-state index is 11.9. The molecule has 5 heteroatoms. The van der Waals surface area contributed by atoms with E-state index in [1.165, 1.54) is 12.8 Å². The van der Waals surface area contributed by atoms with Crippen LogP contribution in [0.5, 0.6) is 0 Å². The maximum Gasteiger partial charge on any atom is 0.306 e. The van der Waals surface area contributed by atoms with Crippen molar-refractivity contribution in [2.24, 2.45) is 0 Å². The van der Waals surface area contributed by atoms with Crippen molar-refractivity contribution in [1.29, 1.82) is 0 Å². The highest BCUT2D eigenvalue weighted by molar-refractivity contribution is 5.69. The van der Waals surface area contributed by atoms with Crippen molar-refractivity contribution in [3.63, 3.8) is 0 Å². The van der Waals surface area contributed by atoms with E-state index in [0.29, 0.717) is 12.8 Å². The van der Waals surface area contributed by atoms with Gasteiger partial charge in [0.2, 0.25) is 0 Å². The molecule has 0 amide bonds. The van der Waals surface area contributed by atoms with Gasteiger partial charge in [0.25, 0.3) is 0 Å². The highest BCUT2D eigenvalue weighted by Crippen LogP contribution is 2.21. The predicted octanol–water partition coefficient (Wildman–Crippen LogP) is 2.69. The van der Waals surface area contributed by atoms with Crippen LogP contribution in [0, 0.1) is 0 Å². The van der Waals surface area contributed by atoms with Crippen LogP contribution in [0.3, 0.4) is 0 Å². The smallest absolute Gasteiger partial charge is 0.306 e. The number of carbonyl (C=O) groups excluding carboxylic acids is 1. The van der Waals surface area contributed by atoms with Crippen LogP contribution in [0.4, 0.5) is 0 Å². The molecule has 1 aliphatic rings. The summed E-state index contributed by atoms with van der Waals surface area (Å²) in [5.41, 5.74) is 1.00. The number of esters is 1. The molecule has 5 nitrogen and oxygen atoms in total. The van der Waals surface area contributed by atoms with E-state index in [1.54, 1.807) is 6.33 Å². The van der Waals surface area contributed by atoms with Crippen molar-refractivity contribution in [2.45, 2.75) is 44.6 Å². The van der Waals surface area contributed by atoms with Crippen molar-refractivity contribution >= 4 is 5.97 Å². The number of rotatable bonds is 5. The highest BCUT2D eigenvalue weighted by atomic mass is 16.5. The molecule has 0 saturated heterocycles. The summed E-state index contributed by atoms with van der Waals surface area (Å²) in [6.45, 7) is 0. The number of carbonyl (C=O) groups is 1. The first kappa shape index (κ1) is 13.8. The van der Waals surface area contributed by atoms with Gasteiger partial charge in [-0.1, -0.05) is 18.2 Å². The number of hydrogen-bond donors (Lipinski definition) is 0. The molecule has 110 valence electrons. The van der Waals surface area contributed by atoms with Crippen molar-refractivity contribution in [1.82, 2.24) is 14.8 Å². The lowest BCUT2D eigenvalue weighted by Gasteiger charge is -2.11. The predicted molar refractivity (Wildman–Crippen MR) is 78.0 cm³/mol. The van der Waals surface area contributed by atoms with Gasteiger partial charge in [0.1, 0.15) is 18.3 Å². The fraction of sp³-hybridized carbons (Fsp3) is 0.438. The van der Waals surface area contributed by atoms with E-state index in [-0.39, 0.29) is 12.1 Å². The highest BCUT2D eigenvalue weighted by Gasteiger charge is 2.19. The zero-order valence-corrected chi connectivity index (χ0v) is 11.9. The average Bonchev–Trinajstić information content (AvgIpc) is 3.17. The SMILES string of the molecule is O=C(CCc1nncn1-c1ccccc1)OC1CCCC1. The second kappa shape index (κ2) is 6.52. The van der Waals surface area contributed by atoms with E-state index >= 15 is 0 Å². The summed E-state index contributed by atoms with van der Waals surface area (Å²) in [5, 5.41) is 8.04. The van der Waals surface area contributed by atoms with E-state index in [1.807, 2.05) is 34.9 Å². The Morgan fingerprint density at radius 3 is 2.76 bits per heavy atom. The Kier molecular flexibility index (Phi) is 4.28. The van der Waals surface area contributed by atoms with Crippen LogP contribution >= 0.6 is 0 Å². The molecule has 0 N–H and O–H groups in total. The summed E-state index contributed by atoms with van der Waals surface area (Å²) in [7, 11) is 0. The Morgan fingerprint density at radius 2 is 2.00 bits per heavy atom. The molecule has 0 unspecified atom stereocenters. The minimum atomic E-state index is -0.135. The van der Waals surface area contributed by atoms with Crippen molar-refractivity contribution in [2.75, 3.05) is 0 Å². The van der Waals surface area contributed by atoms with E-state index in [9.17, 15) is 4.79 Å². The lowest BCUT2D eigenvalue weighted by atomic mass is 10.2. The van der Waals surface area contributed by atoms with Gasteiger partial charge in [0, 0.05) is 12.1 Å². The van der Waals surface area contributed by atoms with E-state index in [4.69, 9.17) is 4.74 Å². The molecule has 1 aromatic heterocycles. The second-order valence-electron chi connectivity index (χ2n) is 5.35. The largest absolute Gasteiger partial charge is 0.462 e. The van der Waals surface area contributed by atoms with Gasteiger partial charge < -0.3 is 4.74 Å². The summed E-state index contributed by atoms with van der Waals surface area (Å²) in [6.07, 6.45) is 7.04. The van der Waals surface area contributed by atoms with Crippen LogP contribution in [0.1, 0.15) is 37.9 Å². The van der Waals surface area contributed by atoms with Gasteiger partial charge in [-0.25, -0.2) is 0 Å². The minimum absolute atomic E-state index is 0.129. The fourth-order valence-corrected chi connectivity index (χ4v) is 2.70. The van der Waals surface area contributed by atoms with Crippen LogP contribution < -0.4 is 0 Å². The topological polar surface area (TPSA) is 57.0 Å². The number of hydrogen-bond acceptors (Lipinski definition) is 4. The zero-order valence-electron chi connectivity index (χ0n) is 11.9. The lowest BCUT2D eigenvalue weighted by Crippen LogP contribution is -2.15. The number of para-hydroxylation sites is 1. The summed E-state index contributed by atoms with van der Waals surface area (Å²) < 4.78 is 7.36. The quantitative estimate of drug-likeness (QED) is 0.793. The van der Waals surface area contributed by atoms with Gasteiger partial charge in [-0.15, -0.1) is 10.2 Å². The van der Waals surface area contributed by atoms with Crippen molar-refractivity contribution in [3.05, 3.63) is 42.5 Å². The van der Waals surface area contributed by atoms with Gasteiger partial charge in [-0.2, -0.15) is 0 Å². The molecule has 0 atom stereocenters. The van der Waals surface area contributed by atoms with E-state index < -0.39 is 0 Å². The molecular weight excluding hydrogens is 266 g/mol. The number of nitrogens with zero attached hydrogens (tertiary/aromatic N) is 3. The number of ether oxygens (including phenoxy) is 1. The fourth-order valence-electron chi connectivity index (χ4n) is 2.70. The molecule has 1 heterocycles. The third-order valence-corrected chi connectivity index (χ3v) is 3.81. The van der Waals surface area contributed by atoms with Crippen LogP contribution in [-0.4, -0.2) is 26.8 Å². The normalized spacial score (nSPS) is 15.2. The molecule has 1 saturated carbocycles. The minimum Gasteiger partial charge on any atom is -0.462 e. The Bertz CT molecular complexity index is 589. The summed E-state index contributed by atoms with van der Waals surface area (Å²) in [5.74, 6) is 0.647. The number of benzene rings is 1. The van der Waals surface area contributed by atoms with E-state index in [2.05, 4.69) is 10.2 Å². The van der Waals surface area contributed by atoms with Gasteiger partial charge in [0.05, 0.1) is 6.42 Å². The Balaban J connectivity index is 1.58. The molecule has 3 rings (SSSR count). The van der Waals surface area contributed by atoms with Crippen LogP contribution in [0.15, 0.2) is 36.7 Å². The molecule has 0 bridgehead atoms. The monoisotopic (exact) mass is 285 g/mol.